The molecule has 0 aliphatic carbocycles. The van der Waals surface area contributed by atoms with E-state index in [1.807, 2.05) is 12.1 Å². The van der Waals surface area contributed by atoms with E-state index < -0.39 is 0 Å². The van der Waals surface area contributed by atoms with Crippen LogP contribution in [0.4, 0.5) is 0 Å². The predicted molar refractivity (Wildman–Crippen MR) is 83.7 cm³/mol. The highest BCUT2D eigenvalue weighted by Crippen LogP contribution is 2.19. The van der Waals surface area contributed by atoms with Gasteiger partial charge in [-0.3, -0.25) is 0 Å². The molecule has 2 aromatic rings. The highest BCUT2D eigenvalue weighted by Gasteiger charge is 2.17. The number of hydrogen-bond acceptors (Lipinski definition) is 5. The second kappa shape index (κ2) is 7.02. The number of nitrogens with one attached hydrogen (secondary N) is 1. The van der Waals surface area contributed by atoms with Gasteiger partial charge >= 0.3 is 0 Å². The van der Waals surface area contributed by atoms with Crippen LogP contribution in [0, 0.1) is 0 Å². The number of aromatic nitrogens is 1. The summed E-state index contributed by atoms with van der Waals surface area (Å²) in [6, 6.07) is 8.62. The normalized spacial score (nSPS) is 19.6. The molecule has 1 fully saturated rings. The van der Waals surface area contributed by atoms with Crippen LogP contribution in [-0.2, 0) is 11.3 Å². The minimum atomic E-state index is 0.144. The lowest BCUT2D eigenvalue weighted by Gasteiger charge is -2.14. The molecule has 4 nitrogen and oxygen atoms in total. The van der Waals surface area contributed by atoms with Crippen molar-refractivity contribution in [1.29, 1.82) is 0 Å². The standard InChI is InChI=1S/C16H20N2O2S/c1-12(15-3-2-8-21-15)18-10-13-4-6-17-16(9-13)20-14-5-7-19-11-14/h2-4,6,8-9,12,14,18H,5,7,10-11H2,1H3/t12-,14-/m1/s1. The van der Waals surface area contributed by atoms with E-state index in [1.165, 1.54) is 10.4 Å². The van der Waals surface area contributed by atoms with Gasteiger partial charge in [0.2, 0.25) is 5.88 Å². The Balaban J connectivity index is 1.55. The van der Waals surface area contributed by atoms with Crippen molar-refractivity contribution >= 4 is 11.3 Å². The van der Waals surface area contributed by atoms with E-state index >= 15 is 0 Å². The fourth-order valence-corrected chi connectivity index (χ4v) is 3.07. The van der Waals surface area contributed by atoms with Gasteiger partial charge in [0.1, 0.15) is 6.10 Å². The van der Waals surface area contributed by atoms with Crippen LogP contribution in [0.3, 0.4) is 0 Å². The zero-order chi connectivity index (χ0) is 14.5. The van der Waals surface area contributed by atoms with E-state index in [-0.39, 0.29) is 6.10 Å². The predicted octanol–water partition coefficient (Wildman–Crippen LogP) is 3.16. The molecule has 1 aliphatic heterocycles. The molecule has 5 heteroatoms. The Labute approximate surface area is 129 Å². The highest BCUT2D eigenvalue weighted by molar-refractivity contribution is 7.10. The molecule has 21 heavy (non-hydrogen) atoms. The number of thiophene rings is 1. The van der Waals surface area contributed by atoms with Crippen LogP contribution in [0.5, 0.6) is 5.88 Å². The molecule has 2 atom stereocenters. The summed E-state index contributed by atoms with van der Waals surface area (Å²) in [7, 11) is 0. The smallest absolute Gasteiger partial charge is 0.213 e. The lowest BCUT2D eigenvalue weighted by Crippen LogP contribution is -2.18. The van der Waals surface area contributed by atoms with Gasteiger partial charge in [0, 0.05) is 36.1 Å². The van der Waals surface area contributed by atoms with E-state index in [9.17, 15) is 0 Å². The molecule has 0 aromatic carbocycles. The molecule has 112 valence electrons. The Hall–Kier alpha value is -1.43. The fourth-order valence-electron chi connectivity index (χ4n) is 2.31. The SMILES string of the molecule is C[C@@H](NCc1ccnc(O[C@@H]2CCOC2)c1)c1cccs1. The van der Waals surface area contributed by atoms with Crippen LogP contribution in [0.1, 0.15) is 29.8 Å². The lowest BCUT2D eigenvalue weighted by molar-refractivity contribution is 0.138. The summed E-state index contributed by atoms with van der Waals surface area (Å²) in [6.45, 7) is 4.43. The van der Waals surface area contributed by atoms with Crippen LogP contribution in [-0.4, -0.2) is 24.3 Å². The van der Waals surface area contributed by atoms with Gasteiger partial charge in [-0.15, -0.1) is 11.3 Å². The maximum Gasteiger partial charge on any atom is 0.213 e. The van der Waals surface area contributed by atoms with Crippen molar-refractivity contribution in [3.05, 3.63) is 46.3 Å². The van der Waals surface area contributed by atoms with E-state index in [4.69, 9.17) is 9.47 Å². The van der Waals surface area contributed by atoms with Gasteiger partial charge in [0.05, 0.1) is 13.2 Å². The van der Waals surface area contributed by atoms with Crippen molar-refractivity contribution in [2.75, 3.05) is 13.2 Å². The van der Waals surface area contributed by atoms with Gasteiger partial charge < -0.3 is 14.8 Å². The number of nitrogens with zero attached hydrogens (tertiary/aromatic N) is 1. The zero-order valence-corrected chi connectivity index (χ0v) is 12.9. The first kappa shape index (κ1) is 14.5. The number of hydrogen-bond donors (Lipinski definition) is 1. The molecule has 0 spiro atoms. The van der Waals surface area contributed by atoms with E-state index in [2.05, 4.69) is 34.7 Å². The molecule has 0 radical (unpaired) electrons. The molecule has 0 bridgehead atoms. The van der Waals surface area contributed by atoms with Crippen molar-refractivity contribution in [1.82, 2.24) is 10.3 Å². The Morgan fingerprint density at radius 3 is 3.24 bits per heavy atom. The van der Waals surface area contributed by atoms with Crippen LogP contribution >= 0.6 is 11.3 Å². The topological polar surface area (TPSA) is 43.4 Å². The maximum atomic E-state index is 5.83. The van der Waals surface area contributed by atoms with Crippen LogP contribution < -0.4 is 10.1 Å². The molecule has 1 N–H and O–H groups in total. The largest absolute Gasteiger partial charge is 0.472 e. The van der Waals surface area contributed by atoms with Crippen molar-refractivity contribution < 1.29 is 9.47 Å². The summed E-state index contributed by atoms with van der Waals surface area (Å²) in [6.07, 6.45) is 2.89. The number of ether oxygens (including phenoxy) is 2. The van der Waals surface area contributed by atoms with Gasteiger partial charge in [-0.05, 0) is 30.0 Å². The summed E-state index contributed by atoms with van der Waals surface area (Å²) < 4.78 is 11.1. The monoisotopic (exact) mass is 304 g/mol. The molecule has 2 aromatic heterocycles. The van der Waals surface area contributed by atoms with Crippen molar-refractivity contribution in [3.63, 3.8) is 0 Å². The van der Waals surface area contributed by atoms with Gasteiger partial charge in [-0.25, -0.2) is 4.98 Å². The quantitative estimate of drug-likeness (QED) is 0.890. The van der Waals surface area contributed by atoms with Crippen molar-refractivity contribution in [3.8, 4) is 5.88 Å². The first-order chi connectivity index (χ1) is 10.3. The third-order valence-corrected chi connectivity index (χ3v) is 4.61. The van der Waals surface area contributed by atoms with Gasteiger partial charge in [-0.2, -0.15) is 0 Å². The highest BCUT2D eigenvalue weighted by atomic mass is 32.1. The molecule has 3 heterocycles. The minimum absolute atomic E-state index is 0.144. The average Bonchev–Trinajstić information content (AvgIpc) is 3.18. The second-order valence-electron chi connectivity index (χ2n) is 5.22. The van der Waals surface area contributed by atoms with E-state index in [1.54, 1.807) is 17.5 Å². The second-order valence-corrected chi connectivity index (χ2v) is 6.20. The number of rotatable bonds is 6. The average molecular weight is 304 g/mol. The molecule has 0 saturated carbocycles. The Bertz CT molecular complexity index is 553. The Morgan fingerprint density at radius 1 is 1.52 bits per heavy atom. The molecular formula is C16H20N2O2S. The summed E-state index contributed by atoms with van der Waals surface area (Å²) in [4.78, 5) is 5.63. The first-order valence-corrected chi connectivity index (χ1v) is 8.15. The van der Waals surface area contributed by atoms with Crippen molar-refractivity contribution in [2.24, 2.45) is 0 Å². The van der Waals surface area contributed by atoms with Gasteiger partial charge in [0.15, 0.2) is 0 Å². The summed E-state index contributed by atoms with van der Waals surface area (Å²) in [5.41, 5.74) is 1.18. The molecule has 0 amide bonds. The zero-order valence-electron chi connectivity index (χ0n) is 12.1. The minimum Gasteiger partial charge on any atom is -0.472 e. The first-order valence-electron chi connectivity index (χ1n) is 7.27. The fraction of sp³-hybridized carbons (Fsp3) is 0.438. The Morgan fingerprint density at radius 2 is 2.48 bits per heavy atom. The molecule has 0 unspecified atom stereocenters. The van der Waals surface area contributed by atoms with Crippen LogP contribution in [0.2, 0.25) is 0 Å². The molecule has 1 saturated heterocycles. The third-order valence-electron chi connectivity index (χ3n) is 3.56. The number of pyridine rings is 1. The lowest BCUT2D eigenvalue weighted by atomic mass is 10.2. The summed E-state index contributed by atoms with van der Waals surface area (Å²) in [5, 5.41) is 5.63. The molecular weight excluding hydrogens is 284 g/mol. The van der Waals surface area contributed by atoms with Crippen LogP contribution in [0.15, 0.2) is 35.8 Å². The van der Waals surface area contributed by atoms with Gasteiger partial charge in [0.25, 0.3) is 0 Å². The molecule has 1 aliphatic rings. The summed E-state index contributed by atoms with van der Waals surface area (Å²) >= 11 is 1.78. The maximum absolute atomic E-state index is 5.83. The Kier molecular flexibility index (Phi) is 4.85. The van der Waals surface area contributed by atoms with E-state index in [0.717, 1.165) is 19.6 Å². The van der Waals surface area contributed by atoms with Gasteiger partial charge in [-0.1, -0.05) is 6.07 Å². The third kappa shape index (κ3) is 4.03. The molecule has 3 rings (SSSR count). The summed E-state index contributed by atoms with van der Waals surface area (Å²) in [5.74, 6) is 0.688. The van der Waals surface area contributed by atoms with E-state index in [0.29, 0.717) is 18.5 Å². The van der Waals surface area contributed by atoms with Crippen molar-refractivity contribution in [2.45, 2.75) is 32.0 Å². The van der Waals surface area contributed by atoms with Crippen LogP contribution in [0.25, 0.3) is 0 Å².